The molecule has 134 valence electrons. The van der Waals surface area contributed by atoms with Crippen LogP contribution < -0.4 is 10.5 Å². The Labute approximate surface area is 146 Å². The van der Waals surface area contributed by atoms with Crippen LogP contribution in [0.1, 0.15) is 30.1 Å². The number of carbonyl (C=O) groups excluding carboxylic acids is 1. The lowest BCUT2D eigenvalue weighted by molar-refractivity contribution is -0.142. The Kier molecular flexibility index (Phi) is 5.18. The van der Waals surface area contributed by atoms with Crippen LogP contribution in [0.4, 0.5) is 5.95 Å². The molecule has 1 aromatic carbocycles. The van der Waals surface area contributed by atoms with Crippen molar-refractivity contribution in [3.05, 3.63) is 35.7 Å². The van der Waals surface area contributed by atoms with Gasteiger partial charge in [0.1, 0.15) is 18.2 Å². The molecule has 0 bridgehead atoms. The van der Waals surface area contributed by atoms with Gasteiger partial charge in [-0.2, -0.15) is 4.98 Å². The molecule has 2 heterocycles. The predicted octanol–water partition coefficient (Wildman–Crippen LogP) is 0.841. The van der Waals surface area contributed by atoms with Crippen molar-refractivity contribution in [3.63, 3.8) is 0 Å². The molecule has 3 rings (SSSR count). The van der Waals surface area contributed by atoms with Crippen LogP contribution in [0, 0.1) is 6.92 Å². The number of aliphatic hydroxyl groups excluding tert-OH is 1. The van der Waals surface area contributed by atoms with E-state index in [-0.39, 0.29) is 24.4 Å². The molecule has 0 radical (unpaired) electrons. The fourth-order valence-corrected chi connectivity index (χ4v) is 3.01. The smallest absolute Gasteiger partial charge is 0.254 e. The summed E-state index contributed by atoms with van der Waals surface area (Å²) in [5.41, 5.74) is 6.49. The molecule has 1 aromatic heterocycles. The molecule has 1 aliphatic heterocycles. The number of nitrogens with one attached hydrogen (secondary N) is 1. The minimum Gasteiger partial charge on any atom is -0.490 e. The number of carbonyl (C=O) groups is 1. The summed E-state index contributed by atoms with van der Waals surface area (Å²) in [6.45, 7) is 2.99. The number of H-pyrrole nitrogens is 1. The van der Waals surface area contributed by atoms with Gasteiger partial charge in [-0.1, -0.05) is 18.2 Å². The second kappa shape index (κ2) is 7.52. The number of aromatic amines is 1. The first-order valence-electron chi connectivity index (χ1n) is 8.37. The number of benzene rings is 1. The van der Waals surface area contributed by atoms with Gasteiger partial charge >= 0.3 is 0 Å². The van der Waals surface area contributed by atoms with E-state index in [4.69, 9.17) is 10.5 Å². The normalized spacial score (nSPS) is 16.6. The molecule has 1 atom stereocenters. The Bertz CT molecular complexity index is 725. The van der Waals surface area contributed by atoms with Crippen LogP contribution in [0.5, 0.6) is 5.75 Å². The molecular formula is C17H23N5O3. The van der Waals surface area contributed by atoms with E-state index in [1.54, 1.807) is 4.90 Å². The molecule has 2 aromatic rings. The van der Waals surface area contributed by atoms with Crippen LogP contribution in [-0.2, 0) is 4.79 Å². The first-order valence-corrected chi connectivity index (χ1v) is 8.37. The maximum atomic E-state index is 12.4. The van der Waals surface area contributed by atoms with Crippen molar-refractivity contribution in [1.82, 2.24) is 20.1 Å². The number of rotatable bonds is 5. The van der Waals surface area contributed by atoms with Gasteiger partial charge in [-0.25, -0.2) is 0 Å². The number of nitrogens with zero attached hydrogens (tertiary/aromatic N) is 3. The Balaban J connectivity index is 1.49. The van der Waals surface area contributed by atoms with Crippen molar-refractivity contribution in [3.8, 4) is 5.75 Å². The number of aryl methyl sites for hydroxylation is 1. The van der Waals surface area contributed by atoms with E-state index in [1.807, 2.05) is 31.2 Å². The minimum absolute atomic E-state index is 0.0533. The highest BCUT2D eigenvalue weighted by Gasteiger charge is 2.29. The first kappa shape index (κ1) is 17.2. The molecule has 0 saturated carbocycles. The second-order valence-corrected chi connectivity index (χ2v) is 6.27. The van der Waals surface area contributed by atoms with Crippen LogP contribution in [0.15, 0.2) is 24.3 Å². The molecule has 4 N–H and O–H groups in total. The number of nitrogen functional groups attached to an aromatic ring is 1. The van der Waals surface area contributed by atoms with Crippen molar-refractivity contribution in [1.29, 1.82) is 0 Å². The highest BCUT2D eigenvalue weighted by Crippen LogP contribution is 2.26. The van der Waals surface area contributed by atoms with E-state index in [2.05, 4.69) is 15.2 Å². The van der Waals surface area contributed by atoms with E-state index in [9.17, 15) is 9.90 Å². The van der Waals surface area contributed by atoms with Gasteiger partial charge in [-0.05, 0) is 31.4 Å². The second-order valence-electron chi connectivity index (χ2n) is 6.27. The van der Waals surface area contributed by atoms with Crippen molar-refractivity contribution < 1.29 is 14.6 Å². The summed E-state index contributed by atoms with van der Waals surface area (Å²) in [7, 11) is 0. The van der Waals surface area contributed by atoms with Crippen LogP contribution in [0.3, 0.4) is 0 Å². The number of hydrogen-bond donors (Lipinski definition) is 3. The summed E-state index contributed by atoms with van der Waals surface area (Å²) < 4.78 is 5.57. The number of para-hydroxylation sites is 1. The van der Waals surface area contributed by atoms with E-state index >= 15 is 0 Å². The van der Waals surface area contributed by atoms with Gasteiger partial charge in [-0.15, -0.1) is 5.10 Å². The third kappa shape index (κ3) is 4.08. The number of hydrogen-bond acceptors (Lipinski definition) is 6. The van der Waals surface area contributed by atoms with Crippen LogP contribution >= 0.6 is 0 Å². The van der Waals surface area contributed by atoms with Crippen molar-refractivity contribution in [2.24, 2.45) is 0 Å². The van der Waals surface area contributed by atoms with Gasteiger partial charge in [0.05, 0.1) is 0 Å². The molecule has 8 heteroatoms. The van der Waals surface area contributed by atoms with Crippen molar-refractivity contribution in [2.75, 3.05) is 25.4 Å². The van der Waals surface area contributed by atoms with Gasteiger partial charge < -0.3 is 20.5 Å². The van der Waals surface area contributed by atoms with Crippen molar-refractivity contribution >= 4 is 11.9 Å². The van der Waals surface area contributed by atoms with Crippen LogP contribution in [0.25, 0.3) is 0 Å². The van der Waals surface area contributed by atoms with Gasteiger partial charge in [0, 0.05) is 19.0 Å². The van der Waals surface area contributed by atoms with E-state index in [0.717, 1.165) is 24.2 Å². The molecule has 1 aliphatic rings. The zero-order valence-corrected chi connectivity index (χ0v) is 14.2. The maximum Gasteiger partial charge on any atom is 0.254 e. The fourth-order valence-electron chi connectivity index (χ4n) is 3.01. The summed E-state index contributed by atoms with van der Waals surface area (Å²) in [4.78, 5) is 18.2. The monoisotopic (exact) mass is 345 g/mol. The fraction of sp³-hybridized carbons (Fsp3) is 0.471. The zero-order chi connectivity index (χ0) is 17.8. The lowest BCUT2D eigenvalue weighted by atomic mass is 9.96. The predicted molar refractivity (Wildman–Crippen MR) is 92.0 cm³/mol. The maximum absolute atomic E-state index is 12.4. The van der Waals surface area contributed by atoms with E-state index in [0.29, 0.717) is 18.8 Å². The first-order chi connectivity index (χ1) is 12.0. The molecule has 1 fully saturated rings. The Hall–Kier alpha value is -2.61. The summed E-state index contributed by atoms with van der Waals surface area (Å²) >= 11 is 0. The largest absolute Gasteiger partial charge is 0.490 e. The van der Waals surface area contributed by atoms with E-state index in [1.165, 1.54) is 0 Å². The molecule has 1 unspecified atom stereocenters. The highest BCUT2D eigenvalue weighted by molar-refractivity contribution is 5.81. The number of ether oxygens (including phenoxy) is 1. The lowest BCUT2D eigenvalue weighted by Crippen LogP contribution is -2.45. The molecule has 8 nitrogen and oxygen atoms in total. The number of nitrogens with two attached hydrogens (primary N) is 1. The summed E-state index contributed by atoms with van der Waals surface area (Å²) in [6.07, 6.45) is 0.342. The standard InChI is InChI=1S/C17H23N5O3/c1-11-4-2-3-5-14(11)25-10-13(23)16(24)22-8-6-12(7-9-22)15-19-17(18)21-20-15/h2-5,12-13,23H,6-10H2,1H3,(H3,18,19,20,21). The van der Waals surface area contributed by atoms with Gasteiger partial charge in [-0.3, -0.25) is 9.89 Å². The number of anilines is 1. The third-order valence-electron chi connectivity index (χ3n) is 4.49. The zero-order valence-electron chi connectivity index (χ0n) is 14.2. The topological polar surface area (TPSA) is 117 Å². The molecule has 25 heavy (non-hydrogen) atoms. The molecule has 1 amide bonds. The summed E-state index contributed by atoms with van der Waals surface area (Å²) in [6, 6.07) is 7.51. The number of amides is 1. The quantitative estimate of drug-likeness (QED) is 0.739. The minimum atomic E-state index is -1.17. The average molecular weight is 345 g/mol. The van der Waals surface area contributed by atoms with Crippen LogP contribution in [0.2, 0.25) is 0 Å². The average Bonchev–Trinajstić information content (AvgIpc) is 3.07. The third-order valence-corrected chi connectivity index (χ3v) is 4.49. The lowest BCUT2D eigenvalue weighted by Gasteiger charge is -2.32. The molecule has 0 aliphatic carbocycles. The molecule has 0 spiro atoms. The SMILES string of the molecule is Cc1ccccc1OCC(O)C(=O)N1CCC(c2nc(N)n[nH]2)CC1. The highest BCUT2D eigenvalue weighted by atomic mass is 16.5. The number of likely N-dealkylation sites (tertiary alicyclic amines) is 1. The Morgan fingerprint density at radius 3 is 2.80 bits per heavy atom. The van der Waals surface area contributed by atoms with Gasteiger partial charge in [0.2, 0.25) is 5.95 Å². The van der Waals surface area contributed by atoms with E-state index < -0.39 is 6.10 Å². The Morgan fingerprint density at radius 2 is 2.16 bits per heavy atom. The van der Waals surface area contributed by atoms with Gasteiger partial charge in [0.15, 0.2) is 6.10 Å². The Morgan fingerprint density at radius 1 is 1.44 bits per heavy atom. The van der Waals surface area contributed by atoms with Gasteiger partial charge in [0.25, 0.3) is 5.91 Å². The van der Waals surface area contributed by atoms with Crippen LogP contribution in [-0.4, -0.2) is 56.9 Å². The number of piperidine rings is 1. The number of aromatic nitrogens is 3. The molecular weight excluding hydrogens is 322 g/mol. The molecule has 1 saturated heterocycles. The summed E-state index contributed by atoms with van der Waals surface area (Å²) in [5, 5.41) is 16.8. The summed E-state index contributed by atoms with van der Waals surface area (Å²) in [5.74, 6) is 1.57. The van der Waals surface area contributed by atoms with Crippen molar-refractivity contribution in [2.45, 2.75) is 31.8 Å². The number of aliphatic hydroxyl groups is 1.